The first-order valence-electron chi connectivity index (χ1n) is 27.8. The SMILES string of the molecule is CCc1nc2[nH]cc(F)c2cc1Oc1cc(N2CCC3(CC2)CC(N2CCN(Cc4ccnc(OC)c4)C[C@H]2c2ccccc2C(C)C)C3)ccc1C(=O)NS(=O)(=O)c1cc(OC)c(OC[C@H]2CC[C@](C)(O)CC2)c2[nH]cnc12. The van der Waals surface area contributed by atoms with Gasteiger partial charge in [-0.1, -0.05) is 45.0 Å². The number of amides is 1. The van der Waals surface area contributed by atoms with E-state index in [0.29, 0.717) is 66.3 Å². The second kappa shape index (κ2) is 22.0. The minimum atomic E-state index is -4.62. The molecule has 2 saturated carbocycles. The number of carbonyl (C=O) groups is 1. The number of aryl methyl sites for hydroxylation is 1. The quantitative estimate of drug-likeness (QED) is 0.0671. The van der Waals surface area contributed by atoms with Crippen molar-refractivity contribution in [2.24, 2.45) is 11.3 Å². The van der Waals surface area contributed by atoms with Gasteiger partial charge < -0.3 is 38.9 Å². The van der Waals surface area contributed by atoms with Crippen LogP contribution in [0.5, 0.6) is 28.9 Å². The summed E-state index contributed by atoms with van der Waals surface area (Å²) in [6.07, 6.45) is 11.9. The molecule has 19 heteroatoms. The van der Waals surface area contributed by atoms with Crippen LogP contribution >= 0.6 is 0 Å². The number of anilines is 1. The fourth-order valence-electron chi connectivity index (χ4n) is 12.7. The van der Waals surface area contributed by atoms with Gasteiger partial charge in [-0.15, -0.1) is 0 Å². The molecule has 0 bridgehead atoms. The third-order valence-electron chi connectivity index (χ3n) is 17.3. The molecule has 2 aliphatic carbocycles. The predicted octanol–water partition coefficient (Wildman–Crippen LogP) is 10.2. The normalized spacial score (nSPS) is 21.2. The lowest BCUT2D eigenvalue weighted by Gasteiger charge is -2.58. The number of aromatic amines is 2. The molecular formula is C60H72FN9O8S. The number of nitrogens with one attached hydrogen (secondary N) is 3. The van der Waals surface area contributed by atoms with Crippen LogP contribution in [0.4, 0.5) is 10.1 Å². The first kappa shape index (κ1) is 54.2. The van der Waals surface area contributed by atoms with Gasteiger partial charge in [0, 0.05) is 87.6 Å². The Bertz CT molecular complexity index is 3470. The van der Waals surface area contributed by atoms with Crippen LogP contribution in [0.3, 0.4) is 0 Å². The van der Waals surface area contributed by atoms with Gasteiger partial charge in [0.25, 0.3) is 15.9 Å². The summed E-state index contributed by atoms with van der Waals surface area (Å²) in [5, 5.41) is 10.7. The van der Waals surface area contributed by atoms with Gasteiger partial charge in [-0.25, -0.2) is 32.5 Å². The number of aromatic nitrogens is 5. The van der Waals surface area contributed by atoms with Crippen molar-refractivity contribution in [3.63, 3.8) is 0 Å². The fraction of sp³-hybridized carbons (Fsp3) is 0.467. The fourth-order valence-corrected chi connectivity index (χ4v) is 13.8. The van der Waals surface area contributed by atoms with E-state index < -0.39 is 27.3 Å². The highest BCUT2D eigenvalue weighted by Gasteiger charge is 2.50. The lowest BCUT2D eigenvalue weighted by Crippen LogP contribution is -2.60. The summed E-state index contributed by atoms with van der Waals surface area (Å²) in [7, 11) is -1.54. The molecule has 0 unspecified atom stereocenters. The van der Waals surface area contributed by atoms with E-state index in [1.54, 1.807) is 25.3 Å². The maximum absolute atomic E-state index is 15.1. The number of aliphatic hydroxyl groups is 1. The van der Waals surface area contributed by atoms with Crippen LogP contribution in [0, 0.1) is 17.2 Å². The van der Waals surface area contributed by atoms with Gasteiger partial charge in [-0.05, 0) is 123 Å². The largest absolute Gasteiger partial charge is 0.493 e. The van der Waals surface area contributed by atoms with Gasteiger partial charge in [0.2, 0.25) is 5.88 Å². The smallest absolute Gasteiger partial charge is 0.268 e. The molecule has 1 spiro atoms. The number of piperazine rings is 1. The molecule has 418 valence electrons. The topological polar surface area (TPSA) is 200 Å². The number of piperidine rings is 1. The van der Waals surface area contributed by atoms with E-state index in [1.165, 1.54) is 42.4 Å². The number of sulfonamides is 1. The Morgan fingerprint density at radius 1 is 0.924 bits per heavy atom. The van der Waals surface area contributed by atoms with Crippen molar-refractivity contribution in [1.29, 1.82) is 0 Å². The molecule has 1 amide bonds. The zero-order valence-electron chi connectivity index (χ0n) is 46.0. The number of hydrogen-bond acceptors (Lipinski definition) is 14. The summed E-state index contributed by atoms with van der Waals surface area (Å²) in [5.41, 5.74) is 5.50. The molecule has 3 aromatic carbocycles. The molecule has 7 aromatic rings. The van der Waals surface area contributed by atoms with Gasteiger partial charge in [0.05, 0.1) is 49.4 Å². The maximum Gasteiger partial charge on any atom is 0.268 e. The third-order valence-corrected chi connectivity index (χ3v) is 18.6. The number of hydrogen-bond donors (Lipinski definition) is 4. The number of H-pyrrole nitrogens is 2. The van der Waals surface area contributed by atoms with E-state index in [1.807, 2.05) is 32.2 Å². The Morgan fingerprint density at radius 2 is 1.71 bits per heavy atom. The molecule has 0 radical (unpaired) electrons. The van der Waals surface area contributed by atoms with Crippen LogP contribution in [-0.4, -0.2) is 119 Å². The number of rotatable bonds is 17. The minimum Gasteiger partial charge on any atom is -0.493 e. The summed E-state index contributed by atoms with van der Waals surface area (Å²) in [5.74, 6) is 0.533. The predicted molar refractivity (Wildman–Crippen MR) is 300 cm³/mol. The van der Waals surface area contributed by atoms with Gasteiger partial charge in [0.15, 0.2) is 11.5 Å². The van der Waals surface area contributed by atoms with Crippen molar-refractivity contribution < 1.29 is 41.7 Å². The number of nitrogens with zero attached hydrogens (tertiary/aromatic N) is 6. The molecule has 6 heterocycles. The Morgan fingerprint density at radius 3 is 2.46 bits per heavy atom. The maximum atomic E-state index is 15.1. The van der Waals surface area contributed by atoms with Crippen LogP contribution in [0.15, 0.2) is 90.3 Å². The average Bonchev–Trinajstić information content (AvgIpc) is 4.22. The lowest BCUT2D eigenvalue weighted by atomic mass is 9.59. The Labute approximate surface area is 461 Å². The molecule has 1 atom stereocenters. The third kappa shape index (κ3) is 11.1. The summed E-state index contributed by atoms with van der Waals surface area (Å²) < 4.78 is 70.3. The highest BCUT2D eigenvalue weighted by molar-refractivity contribution is 7.90. The molecule has 17 nitrogen and oxygen atoms in total. The van der Waals surface area contributed by atoms with Crippen LogP contribution in [0.2, 0.25) is 0 Å². The standard InChI is InChI=1S/C60H72FN9O8S/c1-7-47-50(28-45-46(61)32-63-57(45)66-47)78-49-27-40(12-13-44(49)58(71)67-79(73,74)52-29-51(75-5)56(55-54(52)64-36-65-55)77-35-38-14-17-59(4,72)18-15-38)69-22-19-60(20-23-69)30-41(31-60)70-25-24-68(33-39-16-21-62-53(26-39)76-6)34-48(70)43-11-9-8-10-42(43)37(2)3/h8-13,16,21,26-29,32,36-38,41,48,72H,7,14-15,17-20,22-25,30-31,33-35H2,1-6H3,(H,63,66)(H,64,65)(H,67,71)/t38-,48-,59-/m0/s1. The number of fused-ring (bicyclic) bond motifs is 2. The zero-order valence-corrected chi connectivity index (χ0v) is 46.8. The van der Waals surface area contributed by atoms with Crippen molar-refractivity contribution in [3.05, 3.63) is 119 Å². The van der Waals surface area contributed by atoms with E-state index >= 15 is 4.39 Å². The van der Waals surface area contributed by atoms with Gasteiger partial charge in [0.1, 0.15) is 38.9 Å². The van der Waals surface area contributed by atoms with E-state index in [-0.39, 0.29) is 56.0 Å². The Balaban J connectivity index is 0.822. The van der Waals surface area contributed by atoms with Crippen LogP contribution in [-0.2, 0) is 23.0 Å². The molecule has 4 fully saturated rings. The van der Waals surface area contributed by atoms with Gasteiger partial charge in [-0.3, -0.25) is 14.6 Å². The van der Waals surface area contributed by atoms with E-state index in [4.69, 9.17) is 18.9 Å². The van der Waals surface area contributed by atoms with Crippen molar-refractivity contribution in [3.8, 4) is 28.9 Å². The lowest BCUT2D eigenvalue weighted by molar-refractivity contribution is -0.0628. The zero-order chi connectivity index (χ0) is 55.2. The van der Waals surface area contributed by atoms with E-state index in [9.17, 15) is 18.3 Å². The number of imidazole rings is 1. The first-order chi connectivity index (χ1) is 38.0. The Hall–Kier alpha value is -6.80. The Kier molecular flexibility index (Phi) is 15.1. The van der Waals surface area contributed by atoms with Crippen LogP contribution in [0.1, 0.15) is 124 Å². The number of pyridine rings is 2. The summed E-state index contributed by atoms with van der Waals surface area (Å²) >= 11 is 0. The molecule has 11 rings (SSSR count). The van der Waals surface area contributed by atoms with Crippen molar-refractivity contribution >= 4 is 43.7 Å². The highest BCUT2D eigenvalue weighted by atomic mass is 32.2. The van der Waals surface area contributed by atoms with Crippen LogP contribution < -0.4 is 28.6 Å². The number of ether oxygens (including phenoxy) is 4. The van der Waals surface area contributed by atoms with Gasteiger partial charge in [-0.2, -0.15) is 0 Å². The molecule has 79 heavy (non-hydrogen) atoms. The summed E-state index contributed by atoms with van der Waals surface area (Å²) in [4.78, 5) is 41.1. The monoisotopic (exact) mass is 1100 g/mol. The molecule has 4 aromatic heterocycles. The molecule has 2 saturated heterocycles. The minimum absolute atomic E-state index is 0.0508. The second-order valence-electron chi connectivity index (χ2n) is 22.8. The summed E-state index contributed by atoms with van der Waals surface area (Å²) in [6.45, 7) is 13.9. The van der Waals surface area contributed by atoms with E-state index in [2.05, 4.69) is 88.5 Å². The number of carbonyl (C=O) groups excluding carboxylic acids is 1. The second-order valence-corrected chi connectivity index (χ2v) is 24.5. The van der Waals surface area contributed by atoms with Crippen molar-refractivity contribution in [2.75, 3.05) is 58.5 Å². The van der Waals surface area contributed by atoms with Crippen molar-refractivity contribution in [2.45, 2.75) is 121 Å². The molecular weight excluding hydrogens is 1030 g/mol. The number of halogens is 1. The molecule has 2 aliphatic heterocycles. The van der Waals surface area contributed by atoms with Crippen molar-refractivity contribution in [1.82, 2.24) is 39.4 Å². The highest BCUT2D eigenvalue weighted by Crippen LogP contribution is 2.54. The van der Waals surface area contributed by atoms with E-state index in [0.717, 1.165) is 83.5 Å². The first-order valence-corrected chi connectivity index (χ1v) is 29.3. The van der Waals surface area contributed by atoms with Crippen LogP contribution in [0.25, 0.3) is 22.1 Å². The molecule has 4 N–H and O–H groups in total. The number of benzene rings is 3. The average molecular weight is 1100 g/mol. The van der Waals surface area contributed by atoms with Gasteiger partial charge >= 0.3 is 0 Å². The molecule has 4 aliphatic rings. The summed E-state index contributed by atoms with van der Waals surface area (Å²) in [6, 6.07) is 21.8. The number of methoxy groups -OCH3 is 2.